The molecule has 0 aliphatic carbocycles. The third kappa shape index (κ3) is 1.83. The van der Waals surface area contributed by atoms with Gasteiger partial charge in [-0.15, -0.1) is 0 Å². The molecule has 92 valence electrons. The Hall–Kier alpha value is -2.00. The zero-order chi connectivity index (χ0) is 12.4. The molecule has 3 nitrogen and oxygen atoms in total. The highest BCUT2D eigenvalue weighted by molar-refractivity contribution is 5.83. The predicted octanol–water partition coefficient (Wildman–Crippen LogP) is 3.46. The van der Waals surface area contributed by atoms with Crippen LogP contribution >= 0.6 is 0 Å². The van der Waals surface area contributed by atoms with E-state index in [9.17, 15) is 0 Å². The molecule has 0 spiro atoms. The van der Waals surface area contributed by atoms with E-state index in [0.717, 1.165) is 17.8 Å². The number of nitrogens with one attached hydrogen (secondary N) is 2. The van der Waals surface area contributed by atoms with Gasteiger partial charge >= 0.3 is 0 Å². The van der Waals surface area contributed by atoms with Crippen LogP contribution in [0, 0.1) is 0 Å². The van der Waals surface area contributed by atoms with Crippen molar-refractivity contribution in [3.05, 3.63) is 60.2 Å². The lowest BCUT2D eigenvalue weighted by molar-refractivity contribution is 0.453. The molecule has 3 aromatic rings. The molecule has 0 fully saturated rings. The number of rotatable bonds is 4. The second kappa shape index (κ2) is 4.70. The average molecular weight is 240 g/mol. The van der Waals surface area contributed by atoms with Gasteiger partial charge in [-0.25, -0.2) is 0 Å². The summed E-state index contributed by atoms with van der Waals surface area (Å²) in [7, 11) is 0. The van der Waals surface area contributed by atoms with E-state index < -0.39 is 0 Å². The monoisotopic (exact) mass is 240 g/mol. The standard InChI is InChI=1S/C15H16N2O/c1-2-16-15(14-8-5-9-18-14)12-10-17-13-7-4-3-6-11(12)13/h3-10,15-17H,2H2,1H3. The molecule has 0 aliphatic rings. The van der Waals surface area contributed by atoms with Crippen molar-refractivity contribution in [3.8, 4) is 0 Å². The summed E-state index contributed by atoms with van der Waals surface area (Å²) >= 11 is 0. The first-order chi connectivity index (χ1) is 8.90. The van der Waals surface area contributed by atoms with Gasteiger partial charge < -0.3 is 14.7 Å². The minimum atomic E-state index is 0.0983. The van der Waals surface area contributed by atoms with Crippen LogP contribution < -0.4 is 5.32 Å². The Morgan fingerprint density at radius 3 is 2.89 bits per heavy atom. The lowest BCUT2D eigenvalue weighted by atomic mass is 10.0. The van der Waals surface area contributed by atoms with Crippen LogP contribution in [0.25, 0.3) is 10.9 Å². The van der Waals surface area contributed by atoms with Crippen molar-refractivity contribution in [3.63, 3.8) is 0 Å². The number of furan rings is 1. The molecule has 0 amide bonds. The Kier molecular flexibility index (Phi) is 2.90. The molecule has 1 atom stereocenters. The van der Waals surface area contributed by atoms with Gasteiger partial charge in [0.25, 0.3) is 0 Å². The number of H-pyrrole nitrogens is 1. The first kappa shape index (κ1) is 11.1. The zero-order valence-corrected chi connectivity index (χ0v) is 10.3. The van der Waals surface area contributed by atoms with E-state index in [1.54, 1.807) is 6.26 Å². The van der Waals surface area contributed by atoms with Crippen LogP contribution in [-0.4, -0.2) is 11.5 Å². The summed E-state index contributed by atoms with van der Waals surface area (Å²) in [6.45, 7) is 3.00. The Morgan fingerprint density at radius 1 is 1.22 bits per heavy atom. The third-order valence-corrected chi connectivity index (χ3v) is 3.17. The molecule has 2 heterocycles. The highest BCUT2D eigenvalue weighted by Crippen LogP contribution is 2.28. The number of fused-ring (bicyclic) bond motifs is 1. The largest absolute Gasteiger partial charge is 0.467 e. The summed E-state index contributed by atoms with van der Waals surface area (Å²) in [4.78, 5) is 3.31. The number of aromatic nitrogens is 1. The Balaban J connectivity index is 2.10. The highest BCUT2D eigenvalue weighted by atomic mass is 16.3. The molecule has 1 aromatic carbocycles. The van der Waals surface area contributed by atoms with Crippen LogP contribution in [-0.2, 0) is 0 Å². The molecule has 2 N–H and O–H groups in total. The van der Waals surface area contributed by atoms with E-state index in [0.29, 0.717) is 0 Å². The summed E-state index contributed by atoms with van der Waals surface area (Å²) < 4.78 is 5.54. The van der Waals surface area contributed by atoms with Crippen LogP contribution in [0.1, 0.15) is 24.3 Å². The van der Waals surface area contributed by atoms with Gasteiger partial charge in [0, 0.05) is 22.7 Å². The maximum Gasteiger partial charge on any atom is 0.125 e. The van der Waals surface area contributed by atoms with E-state index in [4.69, 9.17) is 4.42 Å². The first-order valence-electron chi connectivity index (χ1n) is 6.23. The van der Waals surface area contributed by atoms with Gasteiger partial charge in [-0.2, -0.15) is 0 Å². The second-order valence-corrected chi connectivity index (χ2v) is 4.30. The van der Waals surface area contributed by atoms with Crippen molar-refractivity contribution in [1.29, 1.82) is 0 Å². The normalized spacial score (nSPS) is 12.9. The number of hydrogen-bond donors (Lipinski definition) is 2. The summed E-state index contributed by atoms with van der Waals surface area (Å²) in [5, 5.41) is 4.70. The Bertz CT molecular complexity index is 625. The van der Waals surface area contributed by atoms with Gasteiger partial charge in [-0.05, 0) is 24.7 Å². The van der Waals surface area contributed by atoms with Crippen molar-refractivity contribution in [2.45, 2.75) is 13.0 Å². The molecule has 1 unspecified atom stereocenters. The highest BCUT2D eigenvalue weighted by Gasteiger charge is 2.18. The number of para-hydroxylation sites is 1. The van der Waals surface area contributed by atoms with Gasteiger partial charge in [0.1, 0.15) is 5.76 Å². The van der Waals surface area contributed by atoms with Crippen LogP contribution in [0.15, 0.2) is 53.3 Å². The summed E-state index contributed by atoms with van der Waals surface area (Å²) in [5.41, 5.74) is 2.38. The lowest BCUT2D eigenvalue weighted by Gasteiger charge is -2.14. The van der Waals surface area contributed by atoms with Crippen molar-refractivity contribution < 1.29 is 4.42 Å². The van der Waals surface area contributed by atoms with E-state index in [1.807, 2.05) is 18.2 Å². The Labute approximate surface area is 106 Å². The van der Waals surface area contributed by atoms with Gasteiger partial charge in [0.15, 0.2) is 0 Å². The van der Waals surface area contributed by atoms with Crippen LogP contribution in [0.5, 0.6) is 0 Å². The van der Waals surface area contributed by atoms with Gasteiger partial charge in [0.2, 0.25) is 0 Å². The van der Waals surface area contributed by atoms with E-state index in [2.05, 4.69) is 41.6 Å². The predicted molar refractivity (Wildman–Crippen MR) is 72.5 cm³/mol. The van der Waals surface area contributed by atoms with E-state index >= 15 is 0 Å². The molecule has 2 aromatic heterocycles. The van der Waals surface area contributed by atoms with Gasteiger partial charge in [-0.3, -0.25) is 0 Å². The van der Waals surface area contributed by atoms with Crippen molar-refractivity contribution in [1.82, 2.24) is 10.3 Å². The van der Waals surface area contributed by atoms with Crippen LogP contribution in [0.4, 0.5) is 0 Å². The minimum absolute atomic E-state index is 0.0983. The molecule has 3 rings (SSSR count). The SMILES string of the molecule is CCNC(c1ccco1)c1c[nH]c2ccccc12. The molecular formula is C15H16N2O. The Morgan fingerprint density at radius 2 is 2.11 bits per heavy atom. The quantitative estimate of drug-likeness (QED) is 0.733. The van der Waals surface area contributed by atoms with E-state index in [1.165, 1.54) is 10.9 Å². The van der Waals surface area contributed by atoms with Crippen molar-refractivity contribution in [2.24, 2.45) is 0 Å². The van der Waals surface area contributed by atoms with Gasteiger partial charge in [-0.1, -0.05) is 25.1 Å². The summed E-state index contributed by atoms with van der Waals surface area (Å²) in [6.07, 6.45) is 3.77. The number of benzene rings is 1. The molecule has 3 heteroatoms. The molecule has 0 saturated carbocycles. The maximum absolute atomic E-state index is 5.54. The average Bonchev–Trinajstić information content (AvgIpc) is 3.06. The number of aromatic amines is 1. The minimum Gasteiger partial charge on any atom is -0.467 e. The molecule has 0 radical (unpaired) electrons. The molecule has 0 saturated heterocycles. The van der Waals surface area contributed by atoms with Crippen LogP contribution in [0.3, 0.4) is 0 Å². The lowest BCUT2D eigenvalue weighted by Crippen LogP contribution is -2.21. The second-order valence-electron chi connectivity index (χ2n) is 4.30. The number of hydrogen-bond acceptors (Lipinski definition) is 2. The molecular weight excluding hydrogens is 224 g/mol. The molecule has 0 aliphatic heterocycles. The first-order valence-corrected chi connectivity index (χ1v) is 6.23. The zero-order valence-electron chi connectivity index (χ0n) is 10.3. The molecule has 18 heavy (non-hydrogen) atoms. The smallest absolute Gasteiger partial charge is 0.125 e. The summed E-state index contributed by atoms with van der Waals surface area (Å²) in [6, 6.07) is 12.4. The maximum atomic E-state index is 5.54. The third-order valence-electron chi connectivity index (χ3n) is 3.17. The molecule has 0 bridgehead atoms. The fraction of sp³-hybridized carbons (Fsp3) is 0.200. The van der Waals surface area contributed by atoms with Crippen molar-refractivity contribution in [2.75, 3.05) is 6.54 Å². The van der Waals surface area contributed by atoms with E-state index in [-0.39, 0.29) is 6.04 Å². The van der Waals surface area contributed by atoms with Crippen LogP contribution in [0.2, 0.25) is 0 Å². The van der Waals surface area contributed by atoms with Crippen molar-refractivity contribution >= 4 is 10.9 Å². The fourth-order valence-corrected chi connectivity index (χ4v) is 2.36. The fourth-order valence-electron chi connectivity index (χ4n) is 2.36. The summed E-state index contributed by atoms with van der Waals surface area (Å²) in [5.74, 6) is 0.946. The topological polar surface area (TPSA) is 41.0 Å². The van der Waals surface area contributed by atoms with Gasteiger partial charge in [0.05, 0.1) is 12.3 Å².